The molecule has 2 N–H and O–H groups in total. The first-order chi connectivity index (χ1) is 9.56. The zero-order valence-electron chi connectivity index (χ0n) is 10.9. The van der Waals surface area contributed by atoms with E-state index in [2.05, 4.69) is 0 Å². The number of rotatable bonds is 3. The second-order valence-corrected chi connectivity index (χ2v) is 4.76. The highest BCUT2D eigenvalue weighted by Gasteiger charge is 2.30. The van der Waals surface area contributed by atoms with Crippen LogP contribution in [0.1, 0.15) is 29.6 Å². The van der Waals surface area contributed by atoms with Gasteiger partial charge in [-0.25, -0.2) is 0 Å². The van der Waals surface area contributed by atoms with E-state index in [9.17, 15) is 25.1 Å². The lowest BCUT2D eigenvalue weighted by atomic mass is 10.0. The molecular weight excluding hydrogens is 264 g/mol. The molecule has 1 atom stereocenters. The predicted octanol–water partition coefficient (Wildman–Crippen LogP) is 1.29. The van der Waals surface area contributed by atoms with E-state index in [4.69, 9.17) is 0 Å². The van der Waals surface area contributed by atoms with Crippen molar-refractivity contribution in [2.75, 3.05) is 13.2 Å². The third-order valence-electron chi connectivity index (χ3n) is 3.54. The molecule has 2 rings (SSSR count). The molecule has 1 aromatic carbocycles. The van der Waals surface area contributed by atoms with Crippen LogP contribution in [0.2, 0.25) is 0 Å². The maximum absolute atomic E-state index is 12.4. The van der Waals surface area contributed by atoms with Crippen LogP contribution in [0.4, 0.5) is 5.69 Å². The Morgan fingerprint density at radius 1 is 1.45 bits per heavy atom. The van der Waals surface area contributed by atoms with Crippen molar-refractivity contribution in [1.29, 1.82) is 0 Å². The fourth-order valence-corrected chi connectivity index (χ4v) is 2.46. The number of carbonyl (C=O) groups excluding carboxylic acids is 1. The monoisotopic (exact) mass is 280 g/mol. The van der Waals surface area contributed by atoms with E-state index in [1.54, 1.807) is 0 Å². The quantitative estimate of drug-likeness (QED) is 0.641. The van der Waals surface area contributed by atoms with E-state index < -0.39 is 22.3 Å². The Morgan fingerprint density at radius 3 is 2.85 bits per heavy atom. The molecule has 1 aliphatic rings. The molecule has 0 radical (unpaired) electrons. The van der Waals surface area contributed by atoms with Crippen molar-refractivity contribution >= 4 is 11.6 Å². The van der Waals surface area contributed by atoms with Crippen LogP contribution in [0.3, 0.4) is 0 Å². The molecule has 0 bridgehead atoms. The molecule has 1 aliphatic heterocycles. The van der Waals surface area contributed by atoms with Gasteiger partial charge in [-0.05, 0) is 25.3 Å². The lowest BCUT2D eigenvalue weighted by Crippen LogP contribution is -2.45. The number of para-hydroxylation sites is 1. The number of nitro groups is 1. The lowest BCUT2D eigenvalue weighted by molar-refractivity contribution is -0.385. The number of phenolic OH excluding ortho intramolecular Hbond substituents is 1. The average Bonchev–Trinajstić information content (AvgIpc) is 2.46. The fourth-order valence-electron chi connectivity index (χ4n) is 2.46. The zero-order chi connectivity index (χ0) is 14.7. The minimum absolute atomic E-state index is 0.0976. The molecule has 20 heavy (non-hydrogen) atoms. The SMILES string of the molecule is O=C(c1cccc([N+](=O)[O-])c1O)N1CCCCC1CO. The number of piperidine rings is 1. The molecule has 1 aromatic rings. The summed E-state index contributed by atoms with van der Waals surface area (Å²) in [5.41, 5.74) is -0.590. The Morgan fingerprint density at radius 2 is 2.20 bits per heavy atom. The van der Waals surface area contributed by atoms with Crippen molar-refractivity contribution in [1.82, 2.24) is 4.90 Å². The van der Waals surface area contributed by atoms with E-state index in [1.807, 2.05) is 0 Å². The highest BCUT2D eigenvalue weighted by molar-refractivity contribution is 5.98. The van der Waals surface area contributed by atoms with Crippen LogP contribution in [-0.4, -0.2) is 45.1 Å². The standard InChI is InChI=1S/C13H16N2O5/c16-8-9-4-1-2-7-14(9)13(18)10-5-3-6-11(12(10)17)15(19)20/h3,5-6,9,16-17H,1-2,4,7-8H2. The summed E-state index contributed by atoms with van der Waals surface area (Å²) in [6, 6.07) is 3.57. The second kappa shape index (κ2) is 5.87. The average molecular weight is 280 g/mol. The Bertz CT molecular complexity index is 531. The lowest BCUT2D eigenvalue weighted by Gasteiger charge is -2.34. The number of hydrogen-bond acceptors (Lipinski definition) is 5. The van der Waals surface area contributed by atoms with Crippen molar-refractivity contribution < 1.29 is 19.9 Å². The van der Waals surface area contributed by atoms with Crippen molar-refractivity contribution in [2.45, 2.75) is 25.3 Å². The second-order valence-electron chi connectivity index (χ2n) is 4.76. The van der Waals surface area contributed by atoms with Crippen molar-refractivity contribution in [2.24, 2.45) is 0 Å². The number of amides is 1. The van der Waals surface area contributed by atoms with Crippen molar-refractivity contribution in [3.8, 4) is 5.75 Å². The fraction of sp³-hybridized carbons (Fsp3) is 0.462. The molecule has 7 nitrogen and oxygen atoms in total. The number of nitro benzene ring substituents is 1. The molecule has 1 unspecified atom stereocenters. The zero-order valence-corrected chi connectivity index (χ0v) is 10.9. The van der Waals surface area contributed by atoms with Crippen LogP contribution in [0, 0.1) is 10.1 Å². The Balaban J connectivity index is 2.33. The van der Waals surface area contributed by atoms with Gasteiger partial charge in [-0.15, -0.1) is 0 Å². The molecule has 0 aliphatic carbocycles. The van der Waals surface area contributed by atoms with Crippen LogP contribution in [0.25, 0.3) is 0 Å². The predicted molar refractivity (Wildman–Crippen MR) is 70.5 cm³/mol. The summed E-state index contributed by atoms with van der Waals surface area (Å²) in [6.45, 7) is 0.327. The van der Waals surface area contributed by atoms with Crippen LogP contribution in [0.15, 0.2) is 18.2 Å². The van der Waals surface area contributed by atoms with Gasteiger partial charge >= 0.3 is 5.69 Å². The summed E-state index contributed by atoms with van der Waals surface area (Å²) in [6.07, 6.45) is 2.44. The number of phenols is 1. The normalized spacial score (nSPS) is 18.9. The molecule has 1 heterocycles. The van der Waals surface area contributed by atoms with Crippen molar-refractivity contribution in [3.05, 3.63) is 33.9 Å². The topological polar surface area (TPSA) is 104 Å². The number of carbonyl (C=O) groups is 1. The number of aliphatic hydroxyl groups is 1. The number of aliphatic hydroxyl groups excluding tert-OH is 1. The third kappa shape index (κ3) is 2.57. The summed E-state index contributed by atoms with van der Waals surface area (Å²) in [5, 5.41) is 29.9. The first-order valence-corrected chi connectivity index (χ1v) is 6.44. The van der Waals surface area contributed by atoms with E-state index in [1.165, 1.54) is 17.0 Å². The van der Waals surface area contributed by atoms with Gasteiger partial charge in [-0.2, -0.15) is 0 Å². The Kier molecular flexibility index (Phi) is 4.19. The molecule has 0 saturated carbocycles. The van der Waals surface area contributed by atoms with Gasteiger partial charge in [-0.1, -0.05) is 6.07 Å². The molecule has 1 saturated heterocycles. The highest BCUT2D eigenvalue weighted by atomic mass is 16.6. The summed E-state index contributed by atoms with van der Waals surface area (Å²) >= 11 is 0. The minimum atomic E-state index is -0.730. The van der Waals surface area contributed by atoms with Gasteiger partial charge in [-0.3, -0.25) is 14.9 Å². The third-order valence-corrected chi connectivity index (χ3v) is 3.54. The molecular formula is C13H16N2O5. The molecule has 0 spiro atoms. The number of nitrogens with zero attached hydrogens (tertiary/aromatic N) is 2. The Hall–Kier alpha value is -2.15. The van der Waals surface area contributed by atoms with Crippen LogP contribution in [0.5, 0.6) is 5.75 Å². The van der Waals surface area contributed by atoms with E-state index in [0.29, 0.717) is 13.0 Å². The largest absolute Gasteiger partial charge is 0.502 e. The Labute approximate surface area is 115 Å². The summed E-state index contributed by atoms with van der Waals surface area (Å²) in [5.74, 6) is -1.10. The van der Waals surface area contributed by atoms with E-state index >= 15 is 0 Å². The van der Waals surface area contributed by atoms with Crippen LogP contribution >= 0.6 is 0 Å². The van der Waals surface area contributed by atoms with Gasteiger partial charge in [0.05, 0.1) is 23.1 Å². The summed E-state index contributed by atoms with van der Waals surface area (Å²) < 4.78 is 0. The maximum atomic E-state index is 12.4. The van der Waals surface area contributed by atoms with Gasteiger partial charge in [0.1, 0.15) is 0 Å². The van der Waals surface area contributed by atoms with Crippen LogP contribution in [-0.2, 0) is 0 Å². The van der Waals surface area contributed by atoms with E-state index in [-0.39, 0.29) is 18.2 Å². The van der Waals surface area contributed by atoms with Gasteiger partial charge in [0.25, 0.3) is 5.91 Å². The maximum Gasteiger partial charge on any atom is 0.311 e. The van der Waals surface area contributed by atoms with Crippen molar-refractivity contribution in [3.63, 3.8) is 0 Å². The van der Waals surface area contributed by atoms with Gasteiger partial charge in [0, 0.05) is 12.6 Å². The smallest absolute Gasteiger partial charge is 0.311 e. The summed E-state index contributed by atoms with van der Waals surface area (Å²) in [4.78, 5) is 23.9. The number of benzene rings is 1. The minimum Gasteiger partial charge on any atom is -0.502 e. The summed E-state index contributed by atoms with van der Waals surface area (Å²) in [7, 11) is 0. The number of aromatic hydroxyl groups is 1. The molecule has 1 fully saturated rings. The number of hydrogen-bond donors (Lipinski definition) is 2. The highest BCUT2D eigenvalue weighted by Crippen LogP contribution is 2.31. The molecule has 1 amide bonds. The molecule has 108 valence electrons. The van der Waals surface area contributed by atoms with Gasteiger partial charge in [0.2, 0.25) is 5.75 Å². The van der Waals surface area contributed by atoms with Crippen LogP contribution < -0.4 is 0 Å². The molecule has 0 aromatic heterocycles. The molecule has 7 heteroatoms. The van der Waals surface area contributed by atoms with E-state index in [0.717, 1.165) is 18.9 Å². The first-order valence-electron chi connectivity index (χ1n) is 6.44. The van der Waals surface area contributed by atoms with Gasteiger partial charge in [0.15, 0.2) is 0 Å². The first kappa shape index (κ1) is 14.3. The van der Waals surface area contributed by atoms with Gasteiger partial charge < -0.3 is 15.1 Å². The number of likely N-dealkylation sites (tertiary alicyclic amines) is 1.